The number of anilines is 1. The van der Waals surface area contributed by atoms with Crippen LogP contribution in [0.2, 0.25) is 0 Å². The van der Waals surface area contributed by atoms with Crippen LogP contribution in [-0.4, -0.2) is 36.2 Å². The number of para-hydroxylation sites is 1. The smallest absolute Gasteiger partial charge is 0.250 e. The SMILES string of the molecule is Cc1ccc(S(=O)(=O)NCCN(c2ccccc2C)S(C)(=O)=O)s1. The molecule has 132 valence electrons. The van der Waals surface area contributed by atoms with Gasteiger partial charge in [0.1, 0.15) is 4.21 Å². The summed E-state index contributed by atoms with van der Waals surface area (Å²) >= 11 is 1.18. The van der Waals surface area contributed by atoms with E-state index in [1.807, 2.05) is 26.0 Å². The van der Waals surface area contributed by atoms with Crippen molar-refractivity contribution in [3.8, 4) is 0 Å². The summed E-state index contributed by atoms with van der Waals surface area (Å²) < 4.78 is 52.4. The average Bonchev–Trinajstić information content (AvgIpc) is 2.91. The van der Waals surface area contributed by atoms with Gasteiger partial charge >= 0.3 is 0 Å². The molecule has 2 rings (SSSR count). The van der Waals surface area contributed by atoms with Crippen LogP contribution in [0.1, 0.15) is 10.4 Å². The van der Waals surface area contributed by atoms with Crippen LogP contribution in [0.25, 0.3) is 0 Å². The maximum Gasteiger partial charge on any atom is 0.250 e. The monoisotopic (exact) mass is 388 g/mol. The van der Waals surface area contributed by atoms with Crippen molar-refractivity contribution in [3.05, 3.63) is 46.8 Å². The summed E-state index contributed by atoms with van der Waals surface area (Å²) in [7, 11) is -7.14. The molecule has 0 saturated carbocycles. The third kappa shape index (κ3) is 4.56. The highest BCUT2D eigenvalue weighted by Gasteiger charge is 2.21. The highest BCUT2D eigenvalue weighted by atomic mass is 32.2. The van der Waals surface area contributed by atoms with E-state index in [0.717, 1.165) is 16.7 Å². The molecule has 24 heavy (non-hydrogen) atoms. The molecule has 0 bridgehead atoms. The van der Waals surface area contributed by atoms with Crippen LogP contribution < -0.4 is 9.03 Å². The lowest BCUT2D eigenvalue weighted by atomic mass is 10.2. The minimum Gasteiger partial charge on any atom is -0.269 e. The highest BCUT2D eigenvalue weighted by molar-refractivity contribution is 7.92. The molecule has 0 amide bonds. The maximum absolute atomic E-state index is 12.2. The first-order chi connectivity index (χ1) is 11.1. The Labute approximate surface area is 147 Å². The van der Waals surface area contributed by atoms with E-state index in [-0.39, 0.29) is 17.3 Å². The Morgan fingerprint density at radius 1 is 1.04 bits per heavy atom. The van der Waals surface area contributed by atoms with Crippen LogP contribution in [0.4, 0.5) is 5.69 Å². The number of nitrogens with one attached hydrogen (secondary N) is 1. The van der Waals surface area contributed by atoms with Crippen molar-refractivity contribution in [2.24, 2.45) is 0 Å². The third-order valence-electron chi connectivity index (χ3n) is 3.37. The van der Waals surface area contributed by atoms with Crippen molar-refractivity contribution < 1.29 is 16.8 Å². The number of benzene rings is 1. The molecule has 1 heterocycles. The largest absolute Gasteiger partial charge is 0.269 e. The summed E-state index contributed by atoms with van der Waals surface area (Å²) in [6, 6.07) is 10.4. The first-order valence-corrected chi connectivity index (χ1v) is 11.4. The van der Waals surface area contributed by atoms with Gasteiger partial charge in [0.15, 0.2) is 0 Å². The van der Waals surface area contributed by atoms with E-state index < -0.39 is 20.0 Å². The van der Waals surface area contributed by atoms with Gasteiger partial charge in [0, 0.05) is 18.0 Å². The van der Waals surface area contributed by atoms with Gasteiger partial charge in [0.25, 0.3) is 0 Å². The van der Waals surface area contributed by atoms with Gasteiger partial charge in [-0.25, -0.2) is 21.6 Å². The standard InChI is InChI=1S/C15H20N2O4S3/c1-12-6-4-5-7-14(12)17(23(3,18)19)11-10-16-24(20,21)15-9-8-13(2)22-15/h4-9,16H,10-11H2,1-3H3. The normalized spacial score (nSPS) is 12.3. The summed E-state index contributed by atoms with van der Waals surface area (Å²) in [6.45, 7) is 3.65. The van der Waals surface area contributed by atoms with E-state index in [1.54, 1.807) is 18.2 Å². The first-order valence-electron chi connectivity index (χ1n) is 7.21. The van der Waals surface area contributed by atoms with E-state index in [2.05, 4.69) is 4.72 Å². The van der Waals surface area contributed by atoms with Gasteiger partial charge in [-0.3, -0.25) is 4.31 Å². The van der Waals surface area contributed by atoms with E-state index in [4.69, 9.17) is 0 Å². The Balaban J connectivity index is 2.14. The lowest BCUT2D eigenvalue weighted by Crippen LogP contribution is -2.38. The van der Waals surface area contributed by atoms with Crippen LogP contribution >= 0.6 is 11.3 Å². The molecule has 0 aliphatic rings. The topological polar surface area (TPSA) is 83.6 Å². The number of hydrogen-bond donors (Lipinski definition) is 1. The molecular formula is C15H20N2O4S3. The van der Waals surface area contributed by atoms with Gasteiger partial charge in [-0.15, -0.1) is 11.3 Å². The Kier molecular flexibility index (Phi) is 5.69. The summed E-state index contributed by atoms with van der Waals surface area (Å²) in [5.41, 5.74) is 1.35. The second-order valence-electron chi connectivity index (χ2n) is 5.38. The molecule has 2 aromatic rings. The fourth-order valence-corrected chi connectivity index (χ4v) is 5.55. The van der Waals surface area contributed by atoms with Gasteiger partial charge in [0.05, 0.1) is 11.9 Å². The Hall–Kier alpha value is -1.42. The van der Waals surface area contributed by atoms with Crippen molar-refractivity contribution in [2.75, 3.05) is 23.7 Å². The molecule has 0 aliphatic heterocycles. The Morgan fingerprint density at radius 2 is 1.71 bits per heavy atom. The van der Waals surface area contributed by atoms with Gasteiger partial charge < -0.3 is 0 Å². The number of hydrogen-bond acceptors (Lipinski definition) is 5. The molecule has 1 aromatic carbocycles. The molecule has 0 atom stereocenters. The molecule has 0 aliphatic carbocycles. The lowest BCUT2D eigenvalue weighted by molar-refractivity contribution is 0.580. The minimum absolute atomic E-state index is 0.0132. The maximum atomic E-state index is 12.2. The van der Waals surface area contributed by atoms with Gasteiger partial charge in [-0.05, 0) is 37.6 Å². The fraction of sp³-hybridized carbons (Fsp3) is 0.333. The van der Waals surface area contributed by atoms with Crippen molar-refractivity contribution in [3.63, 3.8) is 0 Å². The number of sulfonamides is 2. The molecule has 0 fully saturated rings. The van der Waals surface area contributed by atoms with Crippen molar-refractivity contribution in [1.82, 2.24) is 4.72 Å². The summed E-state index contributed by atoms with van der Waals surface area (Å²) in [6.07, 6.45) is 1.11. The van der Waals surface area contributed by atoms with Crippen LogP contribution in [-0.2, 0) is 20.0 Å². The van der Waals surface area contributed by atoms with Gasteiger partial charge in [0.2, 0.25) is 20.0 Å². The van der Waals surface area contributed by atoms with Crippen LogP contribution in [0.15, 0.2) is 40.6 Å². The second-order valence-corrected chi connectivity index (χ2v) is 10.6. The summed E-state index contributed by atoms with van der Waals surface area (Å²) in [4.78, 5) is 0.896. The van der Waals surface area contributed by atoms with Crippen LogP contribution in [0.5, 0.6) is 0 Å². The number of nitrogens with zero attached hydrogens (tertiary/aromatic N) is 1. The molecule has 0 spiro atoms. The zero-order valence-electron chi connectivity index (χ0n) is 13.7. The molecule has 1 aromatic heterocycles. The van der Waals surface area contributed by atoms with E-state index in [0.29, 0.717) is 5.69 Å². The zero-order chi connectivity index (χ0) is 18.0. The number of rotatable bonds is 7. The number of thiophene rings is 1. The predicted octanol–water partition coefficient (Wildman–Crippen LogP) is 2.11. The predicted molar refractivity (Wildman–Crippen MR) is 97.6 cm³/mol. The molecule has 0 saturated heterocycles. The minimum atomic E-state index is -3.63. The highest BCUT2D eigenvalue weighted by Crippen LogP contribution is 2.22. The Morgan fingerprint density at radius 3 is 2.25 bits per heavy atom. The number of aryl methyl sites for hydroxylation is 2. The summed E-state index contributed by atoms with van der Waals surface area (Å²) in [5, 5.41) is 0. The summed E-state index contributed by atoms with van der Waals surface area (Å²) in [5.74, 6) is 0. The first kappa shape index (κ1) is 18.9. The molecule has 0 unspecified atom stereocenters. The van der Waals surface area contributed by atoms with E-state index in [9.17, 15) is 16.8 Å². The van der Waals surface area contributed by atoms with Crippen molar-refractivity contribution >= 4 is 37.1 Å². The molecule has 0 radical (unpaired) electrons. The molecule has 6 nitrogen and oxygen atoms in total. The zero-order valence-corrected chi connectivity index (χ0v) is 16.1. The van der Waals surface area contributed by atoms with Gasteiger partial charge in [-0.2, -0.15) is 0 Å². The Bertz CT molecular complexity index is 918. The van der Waals surface area contributed by atoms with Crippen LogP contribution in [0.3, 0.4) is 0 Å². The molecule has 1 N–H and O–H groups in total. The van der Waals surface area contributed by atoms with Crippen molar-refractivity contribution in [1.29, 1.82) is 0 Å². The molecular weight excluding hydrogens is 368 g/mol. The average molecular weight is 389 g/mol. The van der Waals surface area contributed by atoms with E-state index >= 15 is 0 Å². The van der Waals surface area contributed by atoms with Crippen molar-refractivity contribution in [2.45, 2.75) is 18.1 Å². The van der Waals surface area contributed by atoms with Crippen LogP contribution in [0, 0.1) is 13.8 Å². The quantitative estimate of drug-likeness (QED) is 0.787. The molecule has 9 heteroatoms. The third-order valence-corrected chi connectivity index (χ3v) is 7.51. The second kappa shape index (κ2) is 7.22. The van der Waals surface area contributed by atoms with E-state index in [1.165, 1.54) is 21.7 Å². The fourth-order valence-electron chi connectivity index (χ4n) is 2.22. The lowest BCUT2D eigenvalue weighted by Gasteiger charge is -2.24. The van der Waals surface area contributed by atoms with Gasteiger partial charge in [-0.1, -0.05) is 18.2 Å².